The first-order valence-corrected chi connectivity index (χ1v) is 12.2. The summed E-state index contributed by atoms with van der Waals surface area (Å²) < 4.78 is 5.26. The first-order chi connectivity index (χ1) is 16.6. The largest absolute Gasteiger partial charge is 0.497 e. The monoisotopic (exact) mass is 471 g/mol. The van der Waals surface area contributed by atoms with Crippen LogP contribution in [0.2, 0.25) is 0 Å². The Balaban J connectivity index is 1.36. The van der Waals surface area contributed by atoms with Crippen molar-refractivity contribution in [1.29, 1.82) is 0 Å². The second kappa shape index (κ2) is 9.65. The Hall–Kier alpha value is -3.71. The molecule has 1 aliphatic heterocycles. The van der Waals surface area contributed by atoms with Crippen molar-refractivity contribution in [3.8, 4) is 17.0 Å². The predicted octanol–water partition coefficient (Wildman–Crippen LogP) is 5.01. The molecule has 0 aliphatic carbocycles. The summed E-state index contributed by atoms with van der Waals surface area (Å²) in [4.78, 5) is 32.7. The molecule has 7 heteroatoms. The molecule has 2 amide bonds. The number of fused-ring (bicyclic) bond motifs is 1. The number of ether oxygens (including phenoxy) is 1. The third-order valence-electron chi connectivity index (χ3n) is 6.23. The molecule has 0 bridgehead atoms. The molecular weight excluding hydrogens is 446 g/mol. The van der Waals surface area contributed by atoms with Gasteiger partial charge < -0.3 is 15.0 Å². The van der Waals surface area contributed by atoms with Gasteiger partial charge in [0.25, 0.3) is 11.8 Å². The lowest BCUT2D eigenvalue weighted by atomic mass is 10.0. The number of hydrogen-bond acceptors (Lipinski definition) is 5. The van der Waals surface area contributed by atoms with Crippen LogP contribution in [0, 0.1) is 0 Å². The highest BCUT2D eigenvalue weighted by Crippen LogP contribution is 2.28. The Labute approximate surface area is 202 Å². The van der Waals surface area contributed by atoms with Gasteiger partial charge in [0, 0.05) is 41.0 Å². The highest BCUT2D eigenvalue weighted by Gasteiger charge is 2.26. The number of carbonyl (C=O) groups excluding carboxylic acids is 2. The third kappa shape index (κ3) is 4.52. The summed E-state index contributed by atoms with van der Waals surface area (Å²) in [5, 5.41) is 7.69. The van der Waals surface area contributed by atoms with Crippen LogP contribution >= 0.6 is 11.3 Å². The molecule has 3 heterocycles. The van der Waals surface area contributed by atoms with Crippen molar-refractivity contribution in [2.45, 2.75) is 18.9 Å². The molecule has 4 aromatic rings. The Morgan fingerprint density at radius 1 is 1.06 bits per heavy atom. The van der Waals surface area contributed by atoms with Gasteiger partial charge >= 0.3 is 0 Å². The zero-order valence-electron chi connectivity index (χ0n) is 18.9. The van der Waals surface area contributed by atoms with E-state index in [9.17, 15) is 9.59 Å². The summed E-state index contributed by atoms with van der Waals surface area (Å²) in [7, 11) is 1.64. The molecule has 1 saturated heterocycles. The Morgan fingerprint density at radius 3 is 2.53 bits per heavy atom. The minimum Gasteiger partial charge on any atom is -0.497 e. The summed E-state index contributed by atoms with van der Waals surface area (Å²) in [6.45, 7) is 1.20. The molecule has 0 atom stereocenters. The van der Waals surface area contributed by atoms with Gasteiger partial charge in [-0.15, -0.1) is 0 Å². The number of pyridine rings is 1. The van der Waals surface area contributed by atoms with Crippen molar-refractivity contribution in [3.05, 3.63) is 82.6 Å². The topological polar surface area (TPSA) is 71.5 Å². The molecule has 2 aromatic carbocycles. The Bertz CT molecular complexity index is 1310. The average Bonchev–Trinajstić information content (AvgIpc) is 3.43. The number of nitrogens with one attached hydrogen (secondary N) is 1. The van der Waals surface area contributed by atoms with E-state index in [1.807, 2.05) is 76.3 Å². The zero-order valence-corrected chi connectivity index (χ0v) is 19.7. The molecule has 0 spiro atoms. The second-order valence-electron chi connectivity index (χ2n) is 8.35. The molecular formula is C27H25N3O3S. The average molecular weight is 472 g/mol. The van der Waals surface area contributed by atoms with E-state index >= 15 is 0 Å². The van der Waals surface area contributed by atoms with E-state index in [4.69, 9.17) is 9.72 Å². The highest BCUT2D eigenvalue weighted by molar-refractivity contribution is 7.08. The van der Waals surface area contributed by atoms with Crippen molar-refractivity contribution in [1.82, 2.24) is 15.2 Å². The van der Waals surface area contributed by atoms with E-state index in [0.29, 0.717) is 24.2 Å². The van der Waals surface area contributed by atoms with Crippen LogP contribution in [-0.2, 0) is 0 Å². The standard InChI is InChI=1S/C27H25N3O3S/c1-33-21-8-6-18(7-9-21)25-16-23(22-4-2-3-5-24(22)29-25)27(32)30-13-10-20(11-14-30)28-26(31)19-12-15-34-17-19/h2-9,12,15-17,20H,10-11,13-14H2,1H3,(H,28,31). The van der Waals surface area contributed by atoms with Crippen LogP contribution in [0.5, 0.6) is 5.75 Å². The summed E-state index contributed by atoms with van der Waals surface area (Å²) in [6.07, 6.45) is 1.46. The van der Waals surface area contributed by atoms with E-state index in [-0.39, 0.29) is 17.9 Å². The molecule has 0 radical (unpaired) electrons. The number of hydrogen-bond donors (Lipinski definition) is 1. The maximum Gasteiger partial charge on any atom is 0.254 e. The molecule has 1 aliphatic rings. The van der Waals surface area contributed by atoms with Gasteiger partial charge in [0.2, 0.25) is 0 Å². The minimum atomic E-state index is -0.0460. The van der Waals surface area contributed by atoms with Crippen LogP contribution in [0.1, 0.15) is 33.6 Å². The number of likely N-dealkylation sites (tertiary alicyclic amines) is 1. The van der Waals surface area contributed by atoms with E-state index in [1.165, 1.54) is 11.3 Å². The van der Waals surface area contributed by atoms with Crippen LogP contribution in [-0.4, -0.2) is 47.9 Å². The maximum absolute atomic E-state index is 13.6. The third-order valence-corrected chi connectivity index (χ3v) is 6.92. The van der Waals surface area contributed by atoms with Gasteiger partial charge in [-0.05, 0) is 60.7 Å². The SMILES string of the molecule is COc1ccc(-c2cc(C(=O)N3CCC(NC(=O)c4ccsc4)CC3)c3ccccc3n2)cc1. The first-order valence-electron chi connectivity index (χ1n) is 11.3. The van der Waals surface area contributed by atoms with E-state index in [2.05, 4.69) is 5.32 Å². The predicted molar refractivity (Wildman–Crippen MR) is 134 cm³/mol. The second-order valence-corrected chi connectivity index (χ2v) is 9.13. The molecule has 1 fully saturated rings. The quantitative estimate of drug-likeness (QED) is 0.444. The van der Waals surface area contributed by atoms with Crippen molar-refractivity contribution in [2.75, 3.05) is 20.2 Å². The van der Waals surface area contributed by atoms with Crippen LogP contribution < -0.4 is 10.1 Å². The number of rotatable bonds is 5. The summed E-state index contributed by atoms with van der Waals surface area (Å²) >= 11 is 1.51. The molecule has 0 saturated carbocycles. The van der Waals surface area contributed by atoms with Crippen molar-refractivity contribution < 1.29 is 14.3 Å². The Kier molecular flexibility index (Phi) is 6.27. The zero-order chi connectivity index (χ0) is 23.5. The summed E-state index contributed by atoms with van der Waals surface area (Å²) in [5.74, 6) is 0.723. The lowest BCUT2D eigenvalue weighted by Crippen LogP contribution is -2.46. The number of thiophene rings is 1. The molecule has 1 N–H and O–H groups in total. The Morgan fingerprint density at radius 2 is 1.82 bits per heavy atom. The molecule has 34 heavy (non-hydrogen) atoms. The normalized spacial score (nSPS) is 14.2. The fourth-order valence-electron chi connectivity index (χ4n) is 4.32. The fraction of sp³-hybridized carbons (Fsp3) is 0.222. The van der Waals surface area contributed by atoms with E-state index in [0.717, 1.165) is 40.8 Å². The van der Waals surface area contributed by atoms with Gasteiger partial charge in [-0.1, -0.05) is 18.2 Å². The number of aromatic nitrogens is 1. The van der Waals surface area contributed by atoms with Crippen molar-refractivity contribution in [3.63, 3.8) is 0 Å². The number of piperidine rings is 1. The van der Waals surface area contributed by atoms with Crippen molar-refractivity contribution >= 4 is 34.1 Å². The lowest BCUT2D eigenvalue weighted by molar-refractivity contribution is 0.0700. The number of carbonyl (C=O) groups is 2. The fourth-order valence-corrected chi connectivity index (χ4v) is 4.96. The van der Waals surface area contributed by atoms with E-state index in [1.54, 1.807) is 7.11 Å². The summed E-state index contributed by atoms with van der Waals surface area (Å²) in [5.41, 5.74) is 3.81. The number of methoxy groups -OCH3 is 1. The smallest absolute Gasteiger partial charge is 0.254 e. The van der Waals surface area contributed by atoms with E-state index < -0.39 is 0 Å². The first kappa shape index (κ1) is 22.1. The van der Waals surface area contributed by atoms with Crippen molar-refractivity contribution in [2.24, 2.45) is 0 Å². The molecule has 6 nitrogen and oxygen atoms in total. The van der Waals surface area contributed by atoms with Gasteiger partial charge in [0.15, 0.2) is 0 Å². The van der Waals surface area contributed by atoms with Gasteiger partial charge in [0.1, 0.15) is 5.75 Å². The van der Waals surface area contributed by atoms with Gasteiger partial charge in [0.05, 0.1) is 23.9 Å². The number of benzene rings is 2. The number of nitrogens with zero attached hydrogens (tertiary/aromatic N) is 2. The lowest BCUT2D eigenvalue weighted by Gasteiger charge is -2.32. The molecule has 5 rings (SSSR count). The molecule has 172 valence electrons. The van der Waals surface area contributed by atoms with Gasteiger partial charge in [-0.2, -0.15) is 11.3 Å². The number of para-hydroxylation sites is 1. The maximum atomic E-state index is 13.6. The van der Waals surface area contributed by atoms with Crippen LogP contribution in [0.4, 0.5) is 0 Å². The number of amides is 2. The summed E-state index contributed by atoms with van der Waals surface area (Å²) in [6, 6.07) is 19.2. The highest BCUT2D eigenvalue weighted by atomic mass is 32.1. The van der Waals surface area contributed by atoms with Gasteiger partial charge in [-0.25, -0.2) is 4.98 Å². The minimum absolute atomic E-state index is 0.00373. The van der Waals surface area contributed by atoms with Crippen LogP contribution in [0.25, 0.3) is 22.2 Å². The molecule has 0 unspecified atom stereocenters. The van der Waals surface area contributed by atoms with Gasteiger partial charge in [-0.3, -0.25) is 9.59 Å². The molecule has 2 aromatic heterocycles. The van der Waals surface area contributed by atoms with Crippen LogP contribution in [0.15, 0.2) is 71.4 Å². The van der Waals surface area contributed by atoms with Crippen LogP contribution in [0.3, 0.4) is 0 Å².